The quantitative estimate of drug-likeness (QED) is 0.693. The summed E-state index contributed by atoms with van der Waals surface area (Å²) in [5.74, 6) is 0.400. The number of H-pyrrole nitrogens is 1. The minimum absolute atomic E-state index is 0.314. The molecule has 2 aromatic heterocycles. The molecule has 0 amide bonds. The van der Waals surface area contributed by atoms with Gasteiger partial charge in [0.05, 0.1) is 0 Å². The van der Waals surface area contributed by atoms with Crippen molar-refractivity contribution in [1.82, 2.24) is 9.97 Å². The molecule has 5 heteroatoms. The van der Waals surface area contributed by atoms with Crippen LogP contribution in [0.25, 0.3) is 10.0 Å². The molecule has 0 spiro atoms. The minimum atomic E-state index is -0.402. The van der Waals surface area contributed by atoms with Crippen molar-refractivity contribution in [2.45, 2.75) is 0 Å². The molecule has 13 heavy (non-hydrogen) atoms. The van der Waals surface area contributed by atoms with Crippen LogP contribution in [-0.4, -0.2) is 24.5 Å². The summed E-state index contributed by atoms with van der Waals surface area (Å²) >= 11 is 0.314. The standard InChI is InChI=1S/C8H7N3OSe/c9-7-5(4-10-8(12)11-7)6-2-1-3-13-6/h1-4H,(H3,9,10,11,12). The van der Waals surface area contributed by atoms with Crippen molar-refractivity contribution in [1.29, 1.82) is 0 Å². The third-order valence-corrected chi connectivity index (χ3v) is 3.52. The normalized spacial score (nSPS) is 10.2. The summed E-state index contributed by atoms with van der Waals surface area (Å²) in [4.78, 5) is 19.0. The molecule has 66 valence electrons. The van der Waals surface area contributed by atoms with Gasteiger partial charge in [0.25, 0.3) is 0 Å². The Morgan fingerprint density at radius 3 is 3.00 bits per heavy atom. The first kappa shape index (κ1) is 8.29. The molecule has 0 saturated carbocycles. The van der Waals surface area contributed by atoms with Crippen molar-refractivity contribution < 1.29 is 0 Å². The van der Waals surface area contributed by atoms with Crippen molar-refractivity contribution in [3.05, 3.63) is 33.8 Å². The maximum atomic E-state index is 10.8. The summed E-state index contributed by atoms with van der Waals surface area (Å²) in [5.41, 5.74) is 6.08. The van der Waals surface area contributed by atoms with E-state index >= 15 is 0 Å². The van der Waals surface area contributed by atoms with E-state index in [1.165, 1.54) is 6.20 Å². The van der Waals surface area contributed by atoms with Crippen LogP contribution in [0.5, 0.6) is 0 Å². The van der Waals surface area contributed by atoms with Gasteiger partial charge in [-0.05, 0) is 0 Å². The first-order valence-corrected chi connectivity index (χ1v) is 5.50. The Labute approximate surface area is 80.2 Å². The molecule has 0 aliphatic carbocycles. The van der Waals surface area contributed by atoms with Gasteiger partial charge in [0.15, 0.2) is 0 Å². The zero-order chi connectivity index (χ0) is 9.26. The Hall–Kier alpha value is -1.32. The molecule has 0 atom stereocenters. The number of aromatic nitrogens is 2. The second-order valence-electron chi connectivity index (χ2n) is 2.49. The summed E-state index contributed by atoms with van der Waals surface area (Å²) in [7, 11) is 0. The van der Waals surface area contributed by atoms with Gasteiger partial charge in [-0.25, -0.2) is 0 Å². The molecule has 0 aliphatic heterocycles. The molecule has 2 rings (SSSR count). The van der Waals surface area contributed by atoms with Crippen LogP contribution in [0.2, 0.25) is 0 Å². The number of nitrogen functional groups attached to an aromatic ring is 1. The van der Waals surface area contributed by atoms with Crippen molar-refractivity contribution >= 4 is 20.3 Å². The van der Waals surface area contributed by atoms with Crippen LogP contribution in [0.3, 0.4) is 0 Å². The number of nitrogens with one attached hydrogen (secondary N) is 1. The van der Waals surface area contributed by atoms with Gasteiger partial charge < -0.3 is 0 Å². The van der Waals surface area contributed by atoms with Crippen LogP contribution in [0.15, 0.2) is 28.1 Å². The third-order valence-electron chi connectivity index (χ3n) is 1.63. The number of anilines is 1. The van der Waals surface area contributed by atoms with Gasteiger partial charge in [-0.2, -0.15) is 0 Å². The molecule has 4 nitrogen and oxygen atoms in total. The van der Waals surface area contributed by atoms with E-state index in [9.17, 15) is 4.79 Å². The van der Waals surface area contributed by atoms with E-state index in [2.05, 4.69) is 14.9 Å². The van der Waals surface area contributed by atoms with E-state index in [-0.39, 0.29) is 0 Å². The van der Waals surface area contributed by atoms with Gasteiger partial charge >= 0.3 is 79.8 Å². The number of nitrogens with two attached hydrogens (primary N) is 1. The molecule has 0 fully saturated rings. The Kier molecular flexibility index (Phi) is 2.04. The van der Waals surface area contributed by atoms with Crippen LogP contribution in [0.4, 0.5) is 5.82 Å². The van der Waals surface area contributed by atoms with E-state index in [0.29, 0.717) is 20.3 Å². The summed E-state index contributed by atoms with van der Waals surface area (Å²) < 4.78 is 1.15. The first-order chi connectivity index (χ1) is 6.27. The van der Waals surface area contributed by atoms with E-state index in [0.717, 1.165) is 10.0 Å². The zero-order valence-corrected chi connectivity index (χ0v) is 8.36. The fourth-order valence-corrected chi connectivity index (χ4v) is 2.61. The zero-order valence-electron chi connectivity index (χ0n) is 6.65. The second kappa shape index (κ2) is 3.20. The SMILES string of the molecule is Nc1[nH]c(=O)ncc1-c1ccc[se]1. The van der Waals surface area contributed by atoms with Crippen LogP contribution >= 0.6 is 0 Å². The first-order valence-electron chi connectivity index (χ1n) is 3.66. The van der Waals surface area contributed by atoms with Gasteiger partial charge in [0.1, 0.15) is 0 Å². The molecule has 0 bridgehead atoms. The van der Waals surface area contributed by atoms with Crippen LogP contribution in [0.1, 0.15) is 0 Å². The van der Waals surface area contributed by atoms with Gasteiger partial charge in [0.2, 0.25) is 0 Å². The molecule has 0 radical (unpaired) electrons. The van der Waals surface area contributed by atoms with Crippen molar-refractivity contribution in [2.75, 3.05) is 5.73 Å². The number of aromatic amines is 1. The van der Waals surface area contributed by atoms with Gasteiger partial charge in [0, 0.05) is 0 Å². The summed E-state index contributed by atoms with van der Waals surface area (Å²) in [5, 5.41) is 0. The predicted molar refractivity (Wildman–Crippen MR) is 51.6 cm³/mol. The van der Waals surface area contributed by atoms with E-state index in [1.54, 1.807) is 0 Å². The molecule has 0 saturated heterocycles. The predicted octanol–water partition coefficient (Wildman–Crippen LogP) is 0.0761. The van der Waals surface area contributed by atoms with Crippen LogP contribution < -0.4 is 11.4 Å². The van der Waals surface area contributed by atoms with Crippen molar-refractivity contribution in [3.8, 4) is 10.0 Å². The summed E-state index contributed by atoms with van der Waals surface area (Å²) in [6.07, 6.45) is 1.52. The van der Waals surface area contributed by atoms with Crippen molar-refractivity contribution in [2.24, 2.45) is 0 Å². The molecule has 2 aromatic rings. The average molecular weight is 240 g/mol. The van der Waals surface area contributed by atoms with Crippen LogP contribution in [0, 0.1) is 0 Å². The van der Waals surface area contributed by atoms with E-state index < -0.39 is 5.69 Å². The monoisotopic (exact) mass is 241 g/mol. The number of hydrogen-bond donors (Lipinski definition) is 2. The average Bonchev–Trinajstić information content (AvgIpc) is 2.56. The van der Waals surface area contributed by atoms with E-state index in [1.807, 2.05) is 12.1 Å². The van der Waals surface area contributed by atoms with Crippen molar-refractivity contribution in [3.63, 3.8) is 0 Å². The summed E-state index contributed by atoms with van der Waals surface area (Å²) in [6, 6.07) is 3.98. The van der Waals surface area contributed by atoms with E-state index in [4.69, 9.17) is 5.73 Å². The molecular formula is C8H7N3OSe. The Morgan fingerprint density at radius 2 is 2.38 bits per heavy atom. The Bertz CT molecular complexity index is 460. The topological polar surface area (TPSA) is 71.8 Å². The van der Waals surface area contributed by atoms with Gasteiger partial charge in [-0.3, -0.25) is 0 Å². The fourth-order valence-electron chi connectivity index (χ4n) is 1.04. The number of rotatable bonds is 1. The van der Waals surface area contributed by atoms with Gasteiger partial charge in [-0.15, -0.1) is 0 Å². The summed E-state index contributed by atoms with van der Waals surface area (Å²) in [6.45, 7) is 0. The molecular weight excluding hydrogens is 233 g/mol. The second-order valence-corrected chi connectivity index (χ2v) is 4.48. The molecule has 0 unspecified atom stereocenters. The van der Waals surface area contributed by atoms with Crippen LogP contribution in [-0.2, 0) is 0 Å². The molecule has 0 aromatic carbocycles. The molecule has 0 aliphatic rings. The molecule has 3 N–H and O–H groups in total. The van der Waals surface area contributed by atoms with Gasteiger partial charge in [-0.1, -0.05) is 0 Å². The Morgan fingerprint density at radius 1 is 1.54 bits per heavy atom. The fraction of sp³-hybridized carbons (Fsp3) is 0. The maximum absolute atomic E-state index is 10.8. The number of hydrogen-bond acceptors (Lipinski definition) is 3. The number of nitrogens with zero attached hydrogens (tertiary/aromatic N) is 1. The Balaban J connectivity index is 2.60. The molecule has 2 heterocycles. The third kappa shape index (κ3) is 1.56.